The summed E-state index contributed by atoms with van der Waals surface area (Å²) in [5.74, 6) is 3.73. The Bertz CT molecular complexity index is 1240. The lowest BCUT2D eigenvalue weighted by Gasteiger charge is -2.37. The van der Waals surface area contributed by atoms with E-state index in [9.17, 15) is 24.6 Å². The highest BCUT2D eigenvalue weighted by Crippen LogP contribution is 2.42. The number of carbonyl (C=O) groups is 3. The third kappa shape index (κ3) is 8.29. The van der Waals surface area contributed by atoms with Gasteiger partial charge in [0.2, 0.25) is 0 Å². The molecule has 1 aromatic heterocycles. The number of carbonyl (C=O) groups excluding carboxylic acids is 2. The number of amides is 2. The SMILES string of the molecule is CC(C)(C)OC(=O)N(C(=O)OC(C)(C)C)c1cccc(C#CC2(O)CC[C@@H](C(=O)O)[C@H](c3ccccc3)C2)n1. The Hall–Kier alpha value is -3.90. The summed E-state index contributed by atoms with van der Waals surface area (Å²) in [5.41, 5.74) is -2.16. The highest BCUT2D eigenvalue weighted by molar-refractivity contribution is 6.08. The zero-order valence-corrected chi connectivity index (χ0v) is 23.2. The lowest BCUT2D eigenvalue weighted by atomic mass is 9.69. The zero-order chi connectivity index (χ0) is 29.0. The normalized spacial score (nSPS) is 21.2. The van der Waals surface area contributed by atoms with Gasteiger partial charge in [0.1, 0.15) is 28.3 Å². The van der Waals surface area contributed by atoms with Crippen LogP contribution >= 0.6 is 0 Å². The predicted molar refractivity (Wildman–Crippen MR) is 145 cm³/mol. The van der Waals surface area contributed by atoms with Crippen molar-refractivity contribution in [2.75, 3.05) is 4.90 Å². The second-order valence-electron chi connectivity index (χ2n) is 11.7. The van der Waals surface area contributed by atoms with Crippen LogP contribution in [0.4, 0.5) is 15.4 Å². The number of benzene rings is 1. The maximum atomic E-state index is 12.9. The lowest BCUT2D eigenvalue weighted by Crippen LogP contribution is -2.44. The van der Waals surface area contributed by atoms with Crippen molar-refractivity contribution in [3.05, 3.63) is 59.8 Å². The minimum absolute atomic E-state index is 0.0472. The van der Waals surface area contributed by atoms with Crippen LogP contribution in [-0.2, 0) is 14.3 Å². The van der Waals surface area contributed by atoms with Gasteiger partial charge >= 0.3 is 18.2 Å². The van der Waals surface area contributed by atoms with E-state index in [1.54, 1.807) is 53.7 Å². The number of carboxylic acids is 1. The highest BCUT2D eigenvalue weighted by atomic mass is 16.6. The van der Waals surface area contributed by atoms with Crippen LogP contribution in [0, 0.1) is 17.8 Å². The molecule has 1 fully saturated rings. The fourth-order valence-electron chi connectivity index (χ4n) is 4.34. The van der Waals surface area contributed by atoms with E-state index in [4.69, 9.17) is 9.47 Å². The van der Waals surface area contributed by atoms with E-state index >= 15 is 0 Å². The molecule has 1 aliphatic carbocycles. The Morgan fingerprint density at radius 3 is 2.08 bits per heavy atom. The van der Waals surface area contributed by atoms with Crippen LogP contribution in [0.1, 0.15) is 78.0 Å². The van der Waals surface area contributed by atoms with E-state index in [1.165, 1.54) is 6.07 Å². The summed E-state index contributed by atoms with van der Waals surface area (Å²) in [7, 11) is 0. The van der Waals surface area contributed by atoms with Crippen molar-refractivity contribution < 1.29 is 34.1 Å². The molecule has 1 aliphatic rings. The van der Waals surface area contributed by atoms with Crippen molar-refractivity contribution in [1.82, 2.24) is 4.98 Å². The quantitative estimate of drug-likeness (QED) is 0.492. The molecule has 3 atom stereocenters. The Labute approximate surface area is 229 Å². The van der Waals surface area contributed by atoms with Gasteiger partial charge in [-0.2, -0.15) is 4.90 Å². The topological polar surface area (TPSA) is 126 Å². The van der Waals surface area contributed by atoms with Crippen molar-refractivity contribution in [2.45, 2.75) is 83.5 Å². The second kappa shape index (κ2) is 11.5. The number of anilines is 1. The van der Waals surface area contributed by atoms with Gasteiger partial charge in [0, 0.05) is 5.92 Å². The first-order valence-electron chi connectivity index (χ1n) is 12.8. The van der Waals surface area contributed by atoms with Gasteiger partial charge in [-0.05, 0) is 84.4 Å². The van der Waals surface area contributed by atoms with E-state index in [0.29, 0.717) is 4.90 Å². The molecule has 2 N–H and O–H groups in total. The second-order valence-corrected chi connectivity index (χ2v) is 11.7. The fraction of sp³-hybridized carbons (Fsp3) is 0.467. The Balaban J connectivity index is 1.92. The molecule has 1 aromatic carbocycles. The smallest absolute Gasteiger partial charge is 0.425 e. The molecule has 0 spiro atoms. The minimum atomic E-state index is -1.44. The first-order valence-corrected chi connectivity index (χ1v) is 12.8. The first kappa shape index (κ1) is 29.7. The molecular formula is C30H36N2O7. The maximum absolute atomic E-state index is 12.9. The average Bonchev–Trinajstić information content (AvgIpc) is 2.81. The van der Waals surface area contributed by atoms with Crippen LogP contribution in [0.5, 0.6) is 0 Å². The summed E-state index contributed by atoms with van der Waals surface area (Å²) in [6.45, 7) is 10.1. The van der Waals surface area contributed by atoms with Gasteiger partial charge in [-0.15, -0.1) is 0 Å². The number of rotatable bonds is 3. The van der Waals surface area contributed by atoms with Crippen molar-refractivity contribution in [1.29, 1.82) is 0 Å². The van der Waals surface area contributed by atoms with Crippen LogP contribution in [-0.4, -0.2) is 50.2 Å². The van der Waals surface area contributed by atoms with Crippen LogP contribution < -0.4 is 4.90 Å². The number of hydrogen-bond acceptors (Lipinski definition) is 7. The molecule has 0 bridgehead atoms. The Morgan fingerprint density at radius 1 is 0.949 bits per heavy atom. The number of carboxylic acid groups (broad SMARTS) is 1. The Kier molecular flexibility index (Phi) is 8.71. The molecule has 0 saturated heterocycles. The van der Waals surface area contributed by atoms with E-state index < -0.39 is 46.8 Å². The summed E-state index contributed by atoms with van der Waals surface area (Å²) in [6, 6.07) is 13.8. The van der Waals surface area contributed by atoms with Gasteiger partial charge in [0.25, 0.3) is 0 Å². The van der Waals surface area contributed by atoms with Gasteiger partial charge in [-0.1, -0.05) is 42.3 Å². The lowest BCUT2D eigenvalue weighted by molar-refractivity contribution is -0.145. The zero-order valence-electron chi connectivity index (χ0n) is 23.2. The van der Waals surface area contributed by atoms with Crippen molar-refractivity contribution in [3.63, 3.8) is 0 Å². The summed E-state index contributed by atoms with van der Waals surface area (Å²) in [6.07, 6.45) is -1.32. The van der Waals surface area contributed by atoms with Crippen LogP contribution in [0.3, 0.4) is 0 Å². The molecular weight excluding hydrogens is 500 g/mol. The molecule has 0 radical (unpaired) electrons. The third-order valence-electron chi connectivity index (χ3n) is 6.00. The molecule has 9 heteroatoms. The summed E-state index contributed by atoms with van der Waals surface area (Å²) < 4.78 is 10.8. The number of aliphatic hydroxyl groups is 1. The van der Waals surface area contributed by atoms with Gasteiger partial charge in [-0.25, -0.2) is 14.6 Å². The number of nitrogens with zero attached hydrogens (tertiary/aromatic N) is 2. The highest BCUT2D eigenvalue weighted by Gasteiger charge is 2.42. The number of hydrogen-bond donors (Lipinski definition) is 2. The van der Waals surface area contributed by atoms with Crippen molar-refractivity contribution >= 4 is 24.0 Å². The molecule has 2 aromatic rings. The van der Waals surface area contributed by atoms with Gasteiger partial charge in [0.15, 0.2) is 0 Å². The standard InChI is InChI=1S/C30H36N2O7/c1-28(2,3)38-26(35)32(27(36)39-29(4,5)6)24-14-10-13-21(31-24)15-17-30(37)18-16-22(25(33)34)23(19-30)20-11-8-7-9-12-20/h7-14,22-23,37H,16,18-19H2,1-6H3,(H,33,34)/t22-,23+,30?/m1/s1. The largest absolute Gasteiger partial charge is 0.481 e. The van der Waals surface area contributed by atoms with E-state index in [-0.39, 0.29) is 30.8 Å². The summed E-state index contributed by atoms with van der Waals surface area (Å²) in [4.78, 5) is 42.9. The molecule has 9 nitrogen and oxygen atoms in total. The summed E-state index contributed by atoms with van der Waals surface area (Å²) in [5, 5.41) is 21.1. The molecule has 3 rings (SSSR count). The van der Waals surface area contributed by atoms with Gasteiger partial charge < -0.3 is 19.7 Å². The first-order chi connectivity index (χ1) is 18.1. The van der Waals surface area contributed by atoms with Crippen LogP contribution in [0.25, 0.3) is 0 Å². The fourth-order valence-corrected chi connectivity index (χ4v) is 4.34. The van der Waals surface area contributed by atoms with E-state index in [2.05, 4.69) is 16.8 Å². The number of aliphatic carboxylic acids is 1. The van der Waals surface area contributed by atoms with Crippen molar-refractivity contribution in [2.24, 2.45) is 5.92 Å². The number of aromatic nitrogens is 1. The average molecular weight is 537 g/mol. The number of imide groups is 1. The van der Waals surface area contributed by atoms with Crippen molar-refractivity contribution in [3.8, 4) is 11.8 Å². The molecule has 39 heavy (non-hydrogen) atoms. The molecule has 1 heterocycles. The molecule has 1 unspecified atom stereocenters. The van der Waals surface area contributed by atoms with E-state index in [1.807, 2.05) is 30.3 Å². The molecule has 1 saturated carbocycles. The Morgan fingerprint density at radius 2 is 1.54 bits per heavy atom. The molecule has 0 aliphatic heterocycles. The van der Waals surface area contributed by atoms with Gasteiger partial charge in [0.05, 0.1) is 5.92 Å². The maximum Gasteiger partial charge on any atom is 0.425 e. The summed E-state index contributed by atoms with van der Waals surface area (Å²) >= 11 is 0. The minimum Gasteiger partial charge on any atom is -0.481 e. The number of pyridine rings is 1. The predicted octanol–water partition coefficient (Wildman–Crippen LogP) is 5.51. The third-order valence-corrected chi connectivity index (χ3v) is 6.00. The molecule has 2 amide bonds. The number of ether oxygens (including phenoxy) is 2. The van der Waals surface area contributed by atoms with Crippen LogP contribution in [0.2, 0.25) is 0 Å². The van der Waals surface area contributed by atoms with Crippen LogP contribution in [0.15, 0.2) is 48.5 Å². The van der Waals surface area contributed by atoms with Gasteiger partial charge in [-0.3, -0.25) is 4.79 Å². The molecule has 208 valence electrons. The monoisotopic (exact) mass is 536 g/mol. The van der Waals surface area contributed by atoms with E-state index in [0.717, 1.165) is 5.56 Å².